The van der Waals surface area contributed by atoms with Gasteiger partial charge >= 0.3 is 0 Å². The molecule has 2 nitrogen and oxygen atoms in total. The Kier molecular flexibility index (Phi) is 5.97. The lowest BCUT2D eigenvalue weighted by Gasteiger charge is -2.31. The molecular formula is C12H21BrN2S. The molecule has 2 atom stereocenters. The zero-order chi connectivity index (χ0) is 12.1. The van der Waals surface area contributed by atoms with Crippen LogP contribution in [0.4, 0.5) is 0 Å². The number of rotatable bonds is 6. The Morgan fingerprint density at radius 3 is 2.62 bits per heavy atom. The van der Waals surface area contributed by atoms with Crippen LogP contribution in [0.15, 0.2) is 15.9 Å². The minimum Gasteiger partial charge on any atom is -0.329 e. The maximum Gasteiger partial charge on any atom is 0.0702 e. The van der Waals surface area contributed by atoms with Crippen molar-refractivity contribution in [1.82, 2.24) is 4.90 Å². The van der Waals surface area contributed by atoms with Crippen LogP contribution in [0.1, 0.15) is 37.6 Å². The maximum absolute atomic E-state index is 5.90. The molecule has 0 aliphatic carbocycles. The summed E-state index contributed by atoms with van der Waals surface area (Å²) in [6.07, 6.45) is 2.44. The van der Waals surface area contributed by atoms with Gasteiger partial charge in [-0.2, -0.15) is 0 Å². The summed E-state index contributed by atoms with van der Waals surface area (Å²) in [5.74, 6) is 0. The van der Waals surface area contributed by atoms with E-state index in [1.54, 1.807) is 11.3 Å². The van der Waals surface area contributed by atoms with Crippen LogP contribution in [0.5, 0.6) is 0 Å². The molecule has 16 heavy (non-hydrogen) atoms. The van der Waals surface area contributed by atoms with E-state index in [0.717, 1.165) is 0 Å². The highest BCUT2D eigenvalue weighted by Gasteiger charge is 2.20. The molecule has 1 heterocycles. The number of thiophene rings is 1. The summed E-state index contributed by atoms with van der Waals surface area (Å²) in [6, 6.07) is 5.19. The van der Waals surface area contributed by atoms with Crippen LogP contribution in [0.25, 0.3) is 0 Å². The zero-order valence-corrected chi connectivity index (χ0v) is 12.6. The van der Waals surface area contributed by atoms with Crippen LogP contribution >= 0.6 is 27.3 Å². The van der Waals surface area contributed by atoms with Crippen molar-refractivity contribution in [2.24, 2.45) is 5.73 Å². The lowest BCUT2D eigenvalue weighted by Crippen LogP contribution is -2.36. The molecule has 0 saturated heterocycles. The number of likely N-dealkylation sites (N-methyl/N-ethyl adjacent to an activating group) is 1. The lowest BCUT2D eigenvalue weighted by atomic mass is 10.1. The number of halogens is 1. The van der Waals surface area contributed by atoms with Crippen molar-refractivity contribution in [3.63, 3.8) is 0 Å². The summed E-state index contributed by atoms with van der Waals surface area (Å²) < 4.78 is 1.18. The van der Waals surface area contributed by atoms with Crippen molar-refractivity contribution < 1.29 is 0 Å². The highest BCUT2D eigenvalue weighted by molar-refractivity contribution is 9.11. The van der Waals surface area contributed by atoms with Crippen LogP contribution in [0.3, 0.4) is 0 Å². The summed E-state index contributed by atoms with van der Waals surface area (Å²) in [4.78, 5) is 3.74. The van der Waals surface area contributed by atoms with E-state index in [9.17, 15) is 0 Å². The zero-order valence-electron chi connectivity index (χ0n) is 10.2. The van der Waals surface area contributed by atoms with Gasteiger partial charge < -0.3 is 5.73 Å². The van der Waals surface area contributed by atoms with Gasteiger partial charge in [0.25, 0.3) is 0 Å². The molecular weight excluding hydrogens is 284 g/mol. The predicted molar refractivity (Wildman–Crippen MR) is 75.9 cm³/mol. The quantitative estimate of drug-likeness (QED) is 0.869. The summed E-state index contributed by atoms with van der Waals surface area (Å²) in [5, 5.41) is 0. The van der Waals surface area contributed by atoms with E-state index in [0.29, 0.717) is 18.6 Å². The molecule has 0 aliphatic rings. The fourth-order valence-corrected chi connectivity index (χ4v) is 3.51. The average Bonchev–Trinajstić information content (AvgIpc) is 2.66. The lowest BCUT2D eigenvalue weighted by molar-refractivity contribution is 0.182. The average molecular weight is 305 g/mol. The standard InChI is InChI=1S/C12H21BrN2S/c1-4-5-9(2)15(3)10(8-14)11-6-7-12(13)16-11/h6-7,9-10H,4-5,8,14H2,1-3H3. The minimum absolute atomic E-state index is 0.345. The van der Waals surface area contributed by atoms with Gasteiger partial charge in [0.1, 0.15) is 0 Å². The number of hydrogen-bond donors (Lipinski definition) is 1. The van der Waals surface area contributed by atoms with Crippen molar-refractivity contribution >= 4 is 27.3 Å². The van der Waals surface area contributed by atoms with E-state index < -0.39 is 0 Å². The highest BCUT2D eigenvalue weighted by atomic mass is 79.9. The molecule has 0 radical (unpaired) electrons. The van der Waals surface area contributed by atoms with Gasteiger partial charge in [-0.25, -0.2) is 0 Å². The molecule has 0 amide bonds. The van der Waals surface area contributed by atoms with Gasteiger partial charge in [0.15, 0.2) is 0 Å². The molecule has 0 fully saturated rings. The Hall–Kier alpha value is 0.1000. The number of nitrogens with two attached hydrogens (primary N) is 1. The highest BCUT2D eigenvalue weighted by Crippen LogP contribution is 2.30. The Morgan fingerprint density at radius 1 is 1.50 bits per heavy atom. The van der Waals surface area contributed by atoms with Crippen LogP contribution in [0, 0.1) is 0 Å². The summed E-state index contributed by atoms with van der Waals surface area (Å²) in [6.45, 7) is 5.18. The van der Waals surface area contributed by atoms with Crippen molar-refractivity contribution in [1.29, 1.82) is 0 Å². The number of hydrogen-bond acceptors (Lipinski definition) is 3. The largest absolute Gasteiger partial charge is 0.329 e. The third-order valence-electron chi connectivity index (χ3n) is 3.04. The van der Waals surface area contributed by atoms with Crippen molar-refractivity contribution in [2.45, 2.75) is 38.8 Å². The fourth-order valence-electron chi connectivity index (χ4n) is 1.92. The second-order valence-electron chi connectivity index (χ2n) is 4.20. The molecule has 0 aromatic carbocycles. The van der Waals surface area contributed by atoms with Gasteiger partial charge in [-0.1, -0.05) is 13.3 Å². The van der Waals surface area contributed by atoms with Crippen molar-refractivity contribution in [3.05, 3.63) is 20.8 Å². The smallest absolute Gasteiger partial charge is 0.0702 e. The normalized spacial score (nSPS) is 15.4. The second-order valence-corrected chi connectivity index (χ2v) is 6.69. The van der Waals surface area contributed by atoms with Gasteiger partial charge in [-0.15, -0.1) is 11.3 Å². The fraction of sp³-hybridized carbons (Fsp3) is 0.667. The molecule has 2 N–H and O–H groups in total. The van der Waals surface area contributed by atoms with Crippen LogP contribution in [-0.2, 0) is 0 Å². The second kappa shape index (κ2) is 6.74. The van der Waals surface area contributed by atoms with E-state index in [2.05, 4.69) is 53.9 Å². The Bertz CT molecular complexity index is 314. The van der Waals surface area contributed by atoms with Gasteiger partial charge in [0.05, 0.1) is 9.83 Å². The molecule has 0 saturated carbocycles. The molecule has 1 aromatic heterocycles. The van der Waals surface area contributed by atoms with Gasteiger partial charge in [0, 0.05) is 17.5 Å². The SMILES string of the molecule is CCCC(C)N(C)C(CN)c1ccc(Br)s1. The van der Waals surface area contributed by atoms with E-state index in [1.807, 2.05) is 0 Å². The summed E-state index contributed by atoms with van der Waals surface area (Å²) in [7, 11) is 2.17. The van der Waals surface area contributed by atoms with Gasteiger partial charge in [-0.3, -0.25) is 4.90 Å². The molecule has 0 spiro atoms. The molecule has 92 valence electrons. The first-order valence-corrected chi connectivity index (χ1v) is 7.38. The van der Waals surface area contributed by atoms with E-state index in [1.165, 1.54) is 21.5 Å². The monoisotopic (exact) mass is 304 g/mol. The molecule has 0 aliphatic heterocycles. The molecule has 1 rings (SSSR count). The van der Waals surface area contributed by atoms with Crippen LogP contribution in [-0.4, -0.2) is 24.5 Å². The third kappa shape index (κ3) is 3.55. The molecule has 0 bridgehead atoms. The van der Waals surface area contributed by atoms with Gasteiger partial charge in [-0.05, 0) is 48.5 Å². The van der Waals surface area contributed by atoms with Crippen LogP contribution in [0.2, 0.25) is 0 Å². The van der Waals surface area contributed by atoms with Crippen molar-refractivity contribution in [2.75, 3.05) is 13.6 Å². The van der Waals surface area contributed by atoms with E-state index >= 15 is 0 Å². The summed E-state index contributed by atoms with van der Waals surface area (Å²) in [5.41, 5.74) is 5.90. The topological polar surface area (TPSA) is 29.3 Å². The first-order chi connectivity index (χ1) is 7.60. The molecule has 1 aromatic rings. The summed E-state index contributed by atoms with van der Waals surface area (Å²) >= 11 is 5.28. The first-order valence-electron chi connectivity index (χ1n) is 5.77. The Morgan fingerprint density at radius 2 is 2.19 bits per heavy atom. The minimum atomic E-state index is 0.345. The number of nitrogens with zero attached hydrogens (tertiary/aromatic N) is 1. The molecule has 4 heteroatoms. The van der Waals surface area contributed by atoms with Crippen LogP contribution < -0.4 is 5.73 Å². The first kappa shape index (κ1) is 14.2. The predicted octanol–water partition coefficient (Wildman–Crippen LogP) is 3.63. The van der Waals surface area contributed by atoms with E-state index in [4.69, 9.17) is 5.73 Å². The van der Waals surface area contributed by atoms with Gasteiger partial charge in [0.2, 0.25) is 0 Å². The van der Waals surface area contributed by atoms with Crippen molar-refractivity contribution in [3.8, 4) is 0 Å². The molecule has 2 unspecified atom stereocenters. The Balaban J connectivity index is 2.73. The van der Waals surface area contributed by atoms with E-state index in [-0.39, 0.29) is 0 Å². The third-order valence-corrected chi connectivity index (χ3v) is 4.76. The Labute approximate surface area is 111 Å². The maximum atomic E-state index is 5.90.